The van der Waals surface area contributed by atoms with Gasteiger partial charge in [-0.1, -0.05) is 41.6 Å². The highest BCUT2D eigenvalue weighted by Gasteiger charge is 2.20. The number of nitrogen functional groups attached to an aromatic ring is 1. The van der Waals surface area contributed by atoms with E-state index in [0.29, 0.717) is 28.3 Å². The van der Waals surface area contributed by atoms with E-state index in [-0.39, 0.29) is 5.91 Å². The Hall–Kier alpha value is -2.45. The van der Waals surface area contributed by atoms with E-state index in [1.54, 1.807) is 25.1 Å². The molecule has 7 nitrogen and oxygen atoms in total. The van der Waals surface area contributed by atoms with E-state index < -0.39 is 5.25 Å². The van der Waals surface area contributed by atoms with Gasteiger partial charge in [-0.3, -0.25) is 4.79 Å². The fraction of sp³-hybridized carbons (Fsp3) is 0.188. The van der Waals surface area contributed by atoms with Crippen molar-refractivity contribution in [3.63, 3.8) is 0 Å². The number of amides is 1. The van der Waals surface area contributed by atoms with Crippen LogP contribution in [0.5, 0.6) is 0 Å². The van der Waals surface area contributed by atoms with Crippen LogP contribution in [-0.4, -0.2) is 26.0 Å². The molecule has 1 aromatic carbocycles. The van der Waals surface area contributed by atoms with Crippen LogP contribution < -0.4 is 11.2 Å². The van der Waals surface area contributed by atoms with Crippen LogP contribution in [0.3, 0.4) is 0 Å². The largest absolute Gasteiger partial charge is 0.461 e. The Labute approximate surface area is 153 Å². The smallest absolute Gasteiger partial charge is 0.233 e. The maximum atomic E-state index is 12.3. The maximum Gasteiger partial charge on any atom is 0.233 e. The van der Waals surface area contributed by atoms with Crippen molar-refractivity contribution in [2.45, 2.75) is 23.9 Å². The van der Waals surface area contributed by atoms with Gasteiger partial charge in [-0.15, -0.1) is 10.2 Å². The van der Waals surface area contributed by atoms with Gasteiger partial charge in [0.05, 0.1) is 11.5 Å². The molecular weight excluding hydrogens is 362 g/mol. The monoisotopic (exact) mass is 377 g/mol. The lowest BCUT2D eigenvalue weighted by Gasteiger charge is -2.12. The number of hydrogen-bond acceptors (Lipinski definition) is 6. The number of carbonyl (C=O) groups excluding carboxylic acids is 1. The fourth-order valence-corrected chi connectivity index (χ4v) is 3.11. The first-order chi connectivity index (χ1) is 12.1. The molecule has 0 fully saturated rings. The Balaban J connectivity index is 1.61. The van der Waals surface area contributed by atoms with E-state index in [9.17, 15) is 4.79 Å². The van der Waals surface area contributed by atoms with Gasteiger partial charge in [-0.05, 0) is 30.7 Å². The van der Waals surface area contributed by atoms with E-state index >= 15 is 0 Å². The van der Waals surface area contributed by atoms with Gasteiger partial charge in [0.15, 0.2) is 5.76 Å². The van der Waals surface area contributed by atoms with E-state index in [1.165, 1.54) is 22.7 Å². The molecule has 0 radical (unpaired) electrons. The molecule has 0 aliphatic carbocycles. The average molecular weight is 378 g/mol. The van der Waals surface area contributed by atoms with Crippen molar-refractivity contribution in [2.24, 2.45) is 0 Å². The quantitative estimate of drug-likeness (QED) is 0.506. The Morgan fingerprint density at radius 3 is 2.88 bits per heavy atom. The first-order valence-corrected chi connectivity index (χ1v) is 8.74. The highest BCUT2D eigenvalue weighted by atomic mass is 35.5. The minimum Gasteiger partial charge on any atom is -0.461 e. The van der Waals surface area contributed by atoms with Crippen molar-refractivity contribution >= 4 is 29.3 Å². The third-order valence-corrected chi connectivity index (χ3v) is 4.89. The van der Waals surface area contributed by atoms with E-state index in [0.717, 1.165) is 5.56 Å². The van der Waals surface area contributed by atoms with Crippen molar-refractivity contribution in [2.75, 3.05) is 5.84 Å². The number of furan rings is 1. The number of nitrogens with one attached hydrogen (secondary N) is 1. The number of halogens is 1. The molecule has 130 valence electrons. The second kappa shape index (κ2) is 7.62. The van der Waals surface area contributed by atoms with Gasteiger partial charge in [0.2, 0.25) is 16.9 Å². The highest BCUT2D eigenvalue weighted by Crippen LogP contribution is 2.25. The third-order valence-electron chi connectivity index (χ3n) is 3.47. The number of carbonyl (C=O) groups is 1. The summed E-state index contributed by atoms with van der Waals surface area (Å²) in [5.74, 6) is 6.75. The maximum absolute atomic E-state index is 12.3. The van der Waals surface area contributed by atoms with Crippen LogP contribution >= 0.6 is 23.4 Å². The molecule has 0 saturated heterocycles. The molecule has 1 amide bonds. The van der Waals surface area contributed by atoms with Crippen molar-refractivity contribution < 1.29 is 9.21 Å². The lowest BCUT2D eigenvalue weighted by Crippen LogP contribution is -2.31. The molecule has 0 saturated carbocycles. The molecule has 2 heterocycles. The molecule has 25 heavy (non-hydrogen) atoms. The normalized spacial score (nSPS) is 12.1. The van der Waals surface area contributed by atoms with Crippen molar-refractivity contribution in [1.29, 1.82) is 0 Å². The molecule has 3 rings (SSSR count). The summed E-state index contributed by atoms with van der Waals surface area (Å²) < 4.78 is 6.57. The van der Waals surface area contributed by atoms with Gasteiger partial charge in [0, 0.05) is 11.6 Å². The second-order valence-electron chi connectivity index (χ2n) is 5.22. The SMILES string of the molecule is C[C@H](Sc1nnc(-c2ccco2)n1N)C(=O)NCc1ccccc1Cl. The lowest BCUT2D eigenvalue weighted by molar-refractivity contribution is -0.120. The zero-order valence-corrected chi connectivity index (χ0v) is 14.9. The summed E-state index contributed by atoms with van der Waals surface area (Å²) >= 11 is 7.30. The summed E-state index contributed by atoms with van der Waals surface area (Å²) in [4.78, 5) is 12.3. The van der Waals surface area contributed by atoms with Crippen molar-refractivity contribution in [3.05, 3.63) is 53.2 Å². The molecule has 2 aromatic heterocycles. The molecule has 0 unspecified atom stereocenters. The number of nitrogens with two attached hydrogens (primary N) is 1. The highest BCUT2D eigenvalue weighted by molar-refractivity contribution is 8.00. The zero-order valence-electron chi connectivity index (χ0n) is 13.3. The Morgan fingerprint density at radius 2 is 2.16 bits per heavy atom. The summed E-state index contributed by atoms with van der Waals surface area (Å²) in [6, 6.07) is 10.8. The molecule has 0 aliphatic heterocycles. The summed E-state index contributed by atoms with van der Waals surface area (Å²) in [5, 5.41) is 11.5. The molecule has 3 aromatic rings. The summed E-state index contributed by atoms with van der Waals surface area (Å²) in [7, 11) is 0. The standard InChI is InChI=1S/C16H16ClN5O2S/c1-10(15(23)19-9-11-5-2-3-6-12(11)17)25-16-21-20-14(22(16)18)13-7-4-8-24-13/h2-8,10H,9,18H2,1H3,(H,19,23)/t10-/m0/s1. The number of thioether (sulfide) groups is 1. The van der Waals surface area contributed by atoms with Crippen molar-refractivity contribution in [1.82, 2.24) is 20.2 Å². The van der Waals surface area contributed by atoms with Crippen LogP contribution in [0.15, 0.2) is 52.2 Å². The van der Waals surface area contributed by atoms with Crippen LogP contribution in [0.4, 0.5) is 0 Å². The van der Waals surface area contributed by atoms with Gasteiger partial charge < -0.3 is 15.6 Å². The predicted octanol–water partition coefficient (Wildman–Crippen LogP) is 2.70. The molecule has 9 heteroatoms. The number of nitrogens with zero attached hydrogens (tertiary/aromatic N) is 3. The van der Waals surface area contributed by atoms with Gasteiger partial charge in [0.1, 0.15) is 0 Å². The summed E-state index contributed by atoms with van der Waals surface area (Å²) in [5.41, 5.74) is 0.858. The molecule has 0 bridgehead atoms. The fourth-order valence-electron chi connectivity index (χ4n) is 2.11. The molecular formula is C16H16ClN5O2S. The van der Waals surface area contributed by atoms with E-state index in [2.05, 4.69) is 15.5 Å². The van der Waals surface area contributed by atoms with E-state index in [4.69, 9.17) is 21.9 Å². The van der Waals surface area contributed by atoms with E-state index in [1.807, 2.05) is 18.2 Å². The van der Waals surface area contributed by atoms with Gasteiger partial charge in [-0.25, -0.2) is 4.68 Å². The summed E-state index contributed by atoms with van der Waals surface area (Å²) in [6.07, 6.45) is 1.53. The Morgan fingerprint density at radius 1 is 1.36 bits per heavy atom. The van der Waals surface area contributed by atoms with Crippen LogP contribution in [0, 0.1) is 0 Å². The minimum absolute atomic E-state index is 0.146. The van der Waals surface area contributed by atoms with Crippen molar-refractivity contribution in [3.8, 4) is 11.6 Å². The third kappa shape index (κ3) is 3.97. The molecule has 3 N–H and O–H groups in total. The second-order valence-corrected chi connectivity index (χ2v) is 6.94. The summed E-state index contributed by atoms with van der Waals surface area (Å²) in [6.45, 7) is 2.13. The first-order valence-electron chi connectivity index (χ1n) is 7.48. The number of benzene rings is 1. The minimum atomic E-state index is -0.404. The van der Waals surface area contributed by atoms with Crippen LogP contribution in [0.25, 0.3) is 11.6 Å². The first kappa shape index (κ1) is 17.4. The van der Waals surface area contributed by atoms with Crippen LogP contribution in [-0.2, 0) is 11.3 Å². The van der Waals surface area contributed by atoms with Crippen LogP contribution in [0.2, 0.25) is 5.02 Å². The topological polar surface area (TPSA) is 99.0 Å². The molecule has 0 spiro atoms. The lowest BCUT2D eigenvalue weighted by atomic mass is 10.2. The molecule has 0 aliphatic rings. The van der Waals surface area contributed by atoms with Crippen LogP contribution in [0.1, 0.15) is 12.5 Å². The zero-order chi connectivity index (χ0) is 17.8. The van der Waals surface area contributed by atoms with Gasteiger partial charge in [0.25, 0.3) is 0 Å². The van der Waals surface area contributed by atoms with Gasteiger partial charge >= 0.3 is 0 Å². The van der Waals surface area contributed by atoms with Gasteiger partial charge in [-0.2, -0.15) is 0 Å². The predicted molar refractivity (Wildman–Crippen MR) is 96.5 cm³/mol. The Bertz CT molecular complexity index is 865. The molecule has 1 atom stereocenters. The Kier molecular flexibility index (Phi) is 5.30. The number of aromatic nitrogens is 3. The average Bonchev–Trinajstić information content (AvgIpc) is 3.24. The number of rotatable bonds is 6. The number of hydrogen-bond donors (Lipinski definition) is 2.